The van der Waals surface area contributed by atoms with Crippen LogP contribution in [0, 0.1) is 0 Å². The van der Waals surface area contributed by atoms with Gasteiger partial charge in [0.1, 0.15) is 16.8 Å². The van der Waals surface area contributed by atoms with Gasteiger partial charge in [-0.2, -0.15) is 4.80 Å². The molecule has 1 amide bonds. The summed E-state index contributed by atoms with van der Waals surface area (Å²) in [5.41, 5.74) is 3.29. The summed E-state index contributed by atoms with van der Waals surface area (Å²) in [7, 11) is 1.56. The molecule has 5 aromatic rings. The van der Waals surface area contributed by atoms with Crippen LogP contribution < -0.4 is 10.1 Å². The van der Waals surface area contributed by atoms with E-state index in [1.807, 2.05) is 48.5 Å². The predicted molar refractivity (Wildman–Crippen MR) is 130 cm³/mol. The van der Waals surface area contributed by atoms with Gasteiger partial charge in [-0.15, -0.1) is 10.2 Å². The first kappa shape index (κ1) is 20.5. The second-order valence-corrected chi connectivity index (χ2v) is 8.37. The van der Waals surface area contributed by atoms with E-state index in [1.54, 1.807) is 31.4 Å². The number of benzene rings is 4. The fraction of sp³-hybridized carbons (Fsp3) is 0.0417. The Bertz CT molecular complexity index is 1500. The van der Waals surface area contributed by atoms with E-state index in [-0.39, 0.29) is 5.91 Å². The Hall–Kier alpha value is -3.42. The van der Waals surface area contributed by atoms with Gasteiger partial charge in [0.2, 0.25) is 0 Å². The number of fused-ring (bicyclic) bond motifs is 2. The maximum atomic E-state index is 13.0. The second kappa shape index (κ2) is 8.26. The first-order chi connectivity index (χ1) is 15.5. The van der Waals surface area contributed by atoms with Crippen LogP contribution >= 0.6 is 27.5 Å². The summed E-state index contributed by atoms with van der Waals surface area (Å²) < 4.78 is 6.14. The average Bonchev–Trinajstić information content (AvgIpc) is 3.22. The number of amides is 1. The molecule has 0 saturated heterocycles. The molecule has 158 valence electrons. The van der Waals surface area contributed by atoms with Crippen molar-refractivity contribution in [2.24, 2.45) is 0 Å². The molecule has 0 spiro atoms. The molecular weight excluding hydrogens is 492 g/mol. The van der Waals surface area contributed by atoms with E-state index in [9.17, 15) is 4.79 Å². The lowest BCUT2D eigenvalue weighted by Gasteiger charge is -2.09. The van der Waals surface area contributed by atoms with E-state index in [1.165, 1.54) is 4.80 Å². The van der Waals surface area contributed by atoms with Crippen molar-refractivity contribution in [2.45, 2.75) is 0 Å². The van der Waals surface area contributed by atoms with E-state index < -0.39 is 0 Å². The third kappa shape index (κ3) is 3.70. The van der Waals surface area contributed by atoms with Crippen molar-refractivity contribution in [3.05, 3.63) is 87.9 Å². The number of nitrogens with zero attached hydrogens (tertiary/aromatic N) is 3. The van der Waals surface area contributed by atoms with Crippen molar-refractivity contribution < 1.29 is 9.53 Å². The molecule has 5 rings (SSSR count). The molecule has 0 saturated carbocycles. The third-order valence-electron chi connectivity index (χ3n) is 5.12. The van der Waals surface area contributed by atoms with Crippen LogP contribution in [0.15, 0.2) is 77.3 Å². The molecule has 0 aliphatic heterocycles. The van der Waals surface area contributed by atoms with Crippen LogP contribution in [-0.2, 0) is 0 Å². The Morgan fingerprint density at radius 1 is 0.969 bits per heavy atom. The van der Waals surface area contributed by atoms with Crippen molar-refractivity contribution >= 4 is 60.9 Å². The Kier molecular flexibility index (Phi) is 5.28. The van der Waals surface area contributed by atoms with Gasteiger partial charge in [-0.25, -0.2) is 0 Å². The number of ether oxygens (including phenoxy) is 1. The molecule has 0 radical (unpaired) electrons. The smallest absolute Gasteiger partial charge is 0.256 e. The lowest BCUT2D eigenvalue weighted by molar-refractivity contribution is 0.102. The quantitative estimate of drug-likeness (QED) is 0.312. The van der Waals surface area contributed by atoms with Gasteiger partial charge in [-0.3, -0.25) is 4.79 Å². The molecule has 0 bridgehead atoms. The molecule has 1 aromatic heterocycles. The number of hydrogen-bond donors (Lipinski definition) is 1. The first-order valence-corrected chi connectivity index (χ1v) is 10.9. The summed E-state index contributed by atoms with van der Waals surface area (Å²) in [5, 5.41) is 14.3. The maximum absolute atomic E-state index is 13.0. The largest absolute Gasteiger partial charge is 0.495 e. The molecule has 0 fully saturated rings. The summed E-state index contributed by atoms with van der Waals surface area (Å²) in [6.45, 7) is 0. The van der Waals surface area contributed by atoms with Gasteiger partial charge in [0.05, 0.1) is 17.8 Å². The van der Waals surface area contributed by atoms with Crippen molar-refractivity contribution in [1.82, 2.24) is 15.0 Å². The van der Waals surface area contributed by atoms with Crippen LogP contribution in [0.5, 0.6) is 5.75 Å². The summed E-state index contributed by atoms with van der Waals surface area (Å²) in [6, 6.07) is 22.2. The maximum Gasteiger partial charge on any atom is 0.256 e. The predicted octanol–water partition coefficient (Wildman–Crippen LogP) is 6.25. The highest BCUT2D eigenvalue weighted by Gasteiger charge is 2.13. The van der Waals surface area contributed by atoms with Crippen LogP contribution in [0.3, 0.4) is 0 Å². The first-order valence-electron chi connectivity index (χ1n) is 9.73. The molecule has 0 unspecified atom stereocenters. The molecule has 4 aromatic carbocycles. The Morgan fingerprint density at radius 3 is 2.56 bits per heavy atom. The minimum atomic E-state index is -0.192. The monoisotopic (exact) mass is 506 g/mol. The number of rotatable bonds is 4. The topological polar surface area (TPSA) is 69.0 Å². The van der Waals surface area contributed by atoms with E-state index in [0.29, 0.717) is 38.7 Å². The van der Waals surface area contributed by atoms with E-state index in [2.05, 4.69) is 31.4 Å². The highest BCUT2D eigenvalue weighted by Crippen LogP contribution is 2.28. The standard InChI is InChI=1S/C24H16BrClN4O2/c1-32-23-11-9-15(13-20(23)26)30-28-21-10-8-14(12-22(21)29-30)27-24(31)18-6-2-5-17-16(18)4-3-7-19(17)25/h2-13H,1H3,(H,27,31). The fourth-order valence-electron chi connectivity index (χ4n) is 3.56. The molecule has 0 aliphatic rings. The lowest BCUT2D eigenvalue weighted by atomic mass is 10.0. The molecule has 1 heterocycles. The summed E-state index contributed by atoms with van der Waals surface area (Å²) in [4.78, 5) is 14.5. The highest BCUT2D eigenvalue weighted by atomic mass is 79.9. The van der Waals surface area contributed by atoms with Gasteiger partial charge in [0, 0.05) is 15.7 Å². The lowest BCUT2D eigenvalue weighted by Crippen LogP contribution is -2.12. The fourth-order valence-corrected chi connectivity index (χ4v) is 4.31. The zero-order chi connectivity index (χ0) is 22.2. The van der Waals surface area contributed by atoms with Crippen LogP contribution in [0.4, 0.5) is 5.69 Å². The van der Waals surface area contributed by atoms with Gasteiger partial charge in [-0.05, 0) is 59.3 Å². The number of carbonyl (C=O) groups excluding carboxylic acids is 1. The van der Waals surface area contributed by atoms with Crippen molar-refractivity contribution in [3.8, 4) is 11.4 Å². The molecular formula is C24H16BrClN4O2. The number of halogens is 2. The molecule has 6 nitrogen and oxygen atoms in total. The number of hydrogen-bond acceptors (Lipinski definition) is 4. The van der Waals surface area contributed by atoms with E-state index in [0.717, 1.165) is 15.2 Å². The highest BCUT2D eigenvalue weighted by molar-refractivity contribution is 9.10. The number of carbonyl (C=O) groups is 1. The minimum Gasteiger partial charge on any atom is -0.495 e. The number of nitrogens with one attached hydrogen (secondary N) is 1. The molecule has 8 heteroatoms. The molecule has 0 aliphatic carbocycles. The summed E-state index contributed by atoms with van der Waals surface area (Å²) in [6.07, 6.45) is 0. The van der Waals surface area contributed by atoms with Crippen LogP contribution in [0.2, 0.25) is 5.02 Å². The normalized spacial score (nSPS) is 11.1. The number of aromatic nitrogens is 3. The summed E-state index contributed by atoms with van der Waals surface area (Å²) in [5.74, 6) is 0.389. The van der Waals surface area contributed by atoms with Crippen molar-refractivity contribution in [3.63, 3.8) is 0 Å². The Balaban J connectivity index is 1.45. The summed E-state index contributed by atoms with van der Waals surface area (Å²) >= 11 is 9.77. The molecule has 32 heavy (non-hydrogen) atoms. The van der Waals surface area contributed by atoms with E-state index >= 15 is 0 Å². The zero-order valence-corrected chi connectivity index (χ0v) is 19.2. The average molecular weight is 508 g/mol. The van der Waals surface area contributed by atoms with E-state index in [4.69, 9.17) is 16.3 Å². The zero-order valence-electron chi connectivity index (χ0n) is 16.8. The second-order valence-electron chi connectivity index (χ2n) is 7.11. The third-order valence-corrected chi connectivity index (χ3v) is 6.10. The Labute approximate surface area is 196 Å². The Morgan fingerprint density at radius 2 is 1.75 bits per heavy atom. The van der Waals surface area contributed by atoms with Gasteiger partial charge >= 0.3 is 0 Å². The molecule has 0 atom stereocenters. The van der Waals surface area contributed by atoms with Gasteiger partial charge in [0.25, 0.3) is 5.91 Å². The van der Waals surface area contributed by atoms with Crippen molar-refractivity contribution in [1.29, 1.82) is 0 Å². The molecule has 1 N–H and O–H groups in total. The van der Waals surface area contributed by atoms with Gasteiger partial charge in [0.15, 0.2) is 0 Å². The minimum absolute atomic E-state index is 0.192. The number of anilines is 1. The van der Waals surface area contributed by atoms with Crippen LogP contribution in [0.25, 0.3) is 27.5 Å². The number of methoxy groups -OCH3 is 1. The van der Waals surface area contributed by atoms with Crippen molar-refractivity contribution in [2.75, 3.05) is 12.4 Å². The SMILES string of the molecule is COc1ccc(-n2nc3ccc(NC(=O)c4cccc5c(Br)cccc45)cc3n2)cc1Cl. The van der Waals surface area contributed by atoms with Crippen LogP contribution in [0.1, 0.15) is 10.4 Å². The van der Waals surface area contributed by atoms with Crippen LogP contribution in [-0.4, -0.2) is 28.0 Å². The van der Waals surface area contributed by atoms with Gasteiger partial charge < -0.3 is 10.1 Å². The van der Waals surface area contributed by atoms with Gasteiger partial charge in [-0.1, -0.05) is 51.8 Å².